The van der Waals surface area contributed by atoms with E-state index in [9.17, 15) is 4.79 Å². The highest BCUT2D eigenvalue weighted by Crippen LogP contribution is 2.09. The number of aromatic nitrogens is 2. The van der Waals surface area contributed by atoms with Crippen LogP contribution in [0.4, 0.5) is 0 Å². The van der Waals surface area contributed by atoms with Crippen LogP contribution < -0.4 is 0 Å². The third kappa shape index (κ3) is 2.19. The minimum absolute atomic E-state index is 0.00327. The minimum Gasteiger partial charge on any atom is -0.332 e. The van der Waals surface area contributed by atoms with Crippen molar-refractivity contribution in [2.24, 2.45) is 0 Å². The van der Waals surface area contributed by atoms with Crippen molar-refractivity contribution < 1.29 is 4.79 Å². The Hall–Kier alpha value is -1.90. The first-order valence-electron chi connectivity index (χ1n) is 5.24. The lowest BCUT2D eigenvalue weighted by Crippen LogP contribution is -1.98. The Morgan fingerprint density at radius 2 is 2.12 bits per heavy atom. The monoisotopic (exact) mass is 214 g/mol. The maximum absolute atomic E-state index is 11.1. The van der Waals surface area contributed by atoms with Crippen molar-refractivity contribution >= 4 is 5.78 Å². The van der Waals surface area contributed by atoms with Gasteiger partial charge in [0.05, 0.1) is 6.33 Å². The highest BCUT2D eigenvalue weighted by Gasteiger charge is 2.04. The predicted octanol–water partition coefficient (Wildman–Crippen LogP) is 2.44. The summed E-state index contributed by atoms with van der Waals surface area (Å²) in [6.45, 7) is 4.37. The molecular weight excluding hydrogens is 200 g/mol. The molecule has 0 spiro atoms. The van der Waals surface area contributed by atoms with E-state index in [0.29, 0.717) is 5.69 Å². The Labute approximate surface area is 94.7 Å². The molecule has 0 aliphatic carbocycles. The lowest BCUT2D eigenvalue weighted by Gasteiger charge is -2.05. The van der Waals surface area contributed by atoms with Crippen LogP contribution in [0.3, 0.4) is 0 Å². The molecule has 0 bridgehead atoms. The molecule has 16 heavy (non-hydrogen) atoms. The summed E-state index contributed by atoms with van der Waals surface area (Å²) in [5.74, 6) is 0.00327. The van der Waals surface area contributed by atoms with Crippen molar-refractivity contribution in [3.05, 3.63) is 53.6 Å². The summed E-state index contributed by atoms with van der Waals surface area (Å²) >= 11 is 0. The van der Waals surface area contributed by atoms with E-state index in [1.165, 1.54) is 18.1 Å². The van der Waals surface area contributed by atoms with E-state index in [-0.39, 0.29) is 5.78 Å². The Morgan fingerprint density at radius 3 is 2.75 bits per heavy atom. The zero-order chi connectivity index (χ0) is 11.5. The SMILES string of the molecule is CC(=O)c1cn(Cc2ccccc2C)cn1. The lowest BCUT2D eigenvalue weighted by molar-refractivity contribution is 0.101. The topological polar surface area (TPSA) is 34.9 Å². The number of nitrogens with zero attached hydrogens (tertiary/aromatic N) is 2. The van der Waals surface area contributed by atoms with Gasteiger partial charge in [-0.05, 0) is 18.1 Å². The van der Waals surface area contributed by atoms with E-state index in [0.717, 1.165) is 6.54 Å². The third-order valence-electron chi connectivity index (χ3n) is 2.61. The molecule has 1 aromatic carbocycles. The summed E-state index contributed by atoms with van der Waals surface area (Å²) in [6, 6.07) is 8.21. The van der Waals surface area contributed by atoms with Crippen LogP contribution in [-0.4, -0.2) is 15.3 Å². The fourth-order valence-corrected chi connectivity index (χ4v) is 1.61. The molecule has 0 N–H and O–H groups in total. The molecule has 3 nitrogen and oxygen atoms in total. The lowest BCUT2D eigenvalue weighted by atomic mass is 10.1. The molecule has 3 heteroatoms. The average Bonchev–Trinajstić information content (AvgIpc) is 2.70. The minimum atomic E-state index is 0.00327. The fraction of sp³-hybridized carbons (Fsp3) is 0.231. The summed E-state index contributed by atoms with van der Waals surface area (Å²) in [4.78, 5) is 15.2. The van der Waals surface area contributed by atoms with Crippen LogP contribution >= 0.6 is 0 Å². The molecule has 82 valence electrons. The summed E-state index contributed by atoms with van der Waals surface area (Å²) in [6.07, 6.45) is 3.48. The molecule has 1 aromatic heterocycles. The molecule has 1 heterocycles. The van der Waals surface area contributed by atoms with Gasteiger partial charge in [0.1, 0.15) is 5.69 Å². The zero-order valence-corrected chi connectivity index (χ0v) is 9.47. The van der Waals surface area contributed by atoms with Crippen LogP contribution in [0.5, 0.6) is 0 Å². The van der Waals surface area contributed by atoms with Crippen molar-refractivity contribution in [1.29, 1.82) is 0 Å². The molecule has 2 aromatic rings. The van der Waals surface area contributed by atoms with Gasteiger partial charge in [-0.3, -0.25) is 4.79 Å². The molecule has 0 saturated heterocycles. The second-order valence-corrected chi connectivity index (χ2v) is 3.91. The van der Waals surface area contributed by atoms with Gasteiger partial charge in [-0.1, -0.05) is 24.3 Å². The number of carbonyl (C=O) groups is 1. The van der Waals surface area contributed by atoms with Gasteiger partial charge in [0, 0.05) is 19.7 Å². The molecule has 0 aliphatic heterocycles. The standard InChI is InChI=1S/C13H14N2O/c1-10-5-3-4-6-12(10)7-15-8-13(11(2)16)14-9-15/h3-6,8-9H,7H2,1-2H3. The van der Waals surface area contributed by atoms with Crippen LogP contribution in [0, 0.1) is 6.92 Å². The van der Waals surface area contributed by atoms with E-state index in [2.05, 4.69) is 24.0 Å². The van der Waals surface area contributed by atoms with Crippen molar-refractivity contribution in [2.75, 3.05) is 0 Å². The van der Waals surface area contributed by atoms with Gasteiger partial charge in [0.2, 0.25) is 0 Å². The van der Waals surface area contributed by atoms with Crippen LogP contribution in [-0.2, 0) is 6.54 Å². The van der Waals surface area contributed by atoms with Crippen LogP contribution in [0.1, 0.15) is 28.5 Å². The van der Waals surface area contributed by atoms with E-state index >= 15 is 0 Å². The van der Waals surface area contributed by atoms with Crippen LogP contribution in [0.25, 0.3) is 0 Å². The van der Waals surface area contributed by atoms with Gasteiger partial charge < -0.3 is 4.57 Å². The number of Topliss-reactive ketones (excluding diaryl/α,β-unsaturated/α-hetero) is 1. The van der Waals surface area contributed by atoms with E-state index in [4.69, 9.17) is 0 Å². The molecule has 0 unspecified atom stereocenters. The Balaban J connectivity index is 2.21. The van der Waals surface area contributed by atoms with Gasteiger partial charge in [-0.25, -0.2) is 4.98 Å². The predicted molar refractivity (Wildman–Crippen MR) is 62.5 cm³/mol. The van der Waals surface area contributed by atoms with Gasteiger partial charge in [0.25, 0.3) is 0 Å². The number of hydrogen-bond donors (Lipinski definition) is 0. The van der Waals surface area contributed by atoms with Crippen molar-refractivity contribution in [1.82, 2.24) is 9.55 Å². The van der Waals surface area contributed by atoms with Gasteiger partial charge in [-0.2, -0.15) is 0 Å². The molecule has 0 saturated carbocycles. The normalized spacial score (nSPS) is 10.4. The molecule has 0 amide bonds. The number of hydrogen-bond acceptors (Lipinski definition) is 2. The summed E-state index contributed by atoms with van der Waals surface area (Å²) in [5, 5.41) is 0. The van der Waals surface area contributed by atoms with E-state index in [1.807, 2.05) is 16.7 Å². The highest BCUT2D eigenvalue weighted by molar-refractivity contribution is 5.91. The Kier molecular flexibility index (Phi) is 2.86. The maximum Gasteiger partial charge on any atom is 0.179 e. The molecule has 2 rings (SSSR count). The molecule has 0 aliphatic rings. The Morgan fingerprint density at radius 1 is 1.38 bits per heavy atom. The van der Waals surface area contributed by atoms with Crippen LogP contribution in [0.2, 0.25) is 0 Å². The fourth-order valence-electron chi connectivity index (χ4n) is 1.61. The first kappa shape index (κ1) is 10.6. The molecule has 0 radical (unpaired) electrons. The van der Waals surface area contributed by atoms with Crippen molar-refractivity contribution in [3.63, 3.8) is 0 Å². The number of rotatable bonds is 3. The number of carbonyl (C=O) groups excluding carboxylic acids is 1. The first-order chi connectivity index (χ1) is 7.66. The highest BCUT2D eigenvalue weighted by atomic mass is 16.1. The molecule has 0 atom stereocenters. The largest absolute Gasteiger partial charge is 0.332 e. The Bertz CT molecular complexity index is 514. The van der Waals surface area contributed by atoms with Crippen LogP contribution in [0.15, 0.2) is 36.8 Å². The van der Waals surface area contributed by atoms with E-state index in [1.54, 1.807) is 12.5 Å². The number of benzene rings is 1. The molecular formula is C13H14N2O. The summed E-state index contributed by atoms with van der Waals surface area (Å²) < 4.78 is 1.93. The first-order valence-corrected chi connectivity index (χ1v) is 5.24. The average molecular weight is 214 g/mol. The number of imidazole rings is 1. The van der Waals surface area contributed by atoms with Gasteiger partial charge in [-0.15, -0.1) is 0 Å². The summed E-state index contributed by atoms with van der Waals surface area (Å²) in [7, 11) is 0. The second kappa shape index (κ2) is 4.31. The van der Waals surface area contributed by atoms with E-state index < -0.39 is 0 Å². The van der Waals surface area contributed by atoms with Crippen molar-refractivity contribution in [3.8, 4) is 0 Å². The molecule has 0 fully saturated rings. The smallest absolute Gasteiger partial charge is 0.179 e. The van der Waals surface area contributed by atoms with Gasteiger partial charge in [0.15, 0.2) is 5.78 Å². The third-order valence-corrected chi connectivity index (χ3v) is 2.61. The number of ketones is 1. The van der Waals surface area contributed by atoms with Gasteiger partial charge >= 0.3 is 0 Å². The quantitative estimate of drug-likeness (QED) is 0.735. The number of aryl methyl sites for hydroxylation is 1. The second-order valence-electron chi connectivity index (χ2n) is 3.91. The zero-order valence-electron chi connectivity index (χ0n) is 9.47. The maximum atomic E-state index is 11.1. The summed E-state index contributed by atoms with van der Waals surface area (Å²) in [5.41, 5.74) is 3.02. The van der Waals surface area contributed by atoms with Crippen molar-refractivity contribution in [2.45, 2.75) is 20.4 Å².